The van der Waals surface area contributed by atoms with E-state index in [0.29, 0.717) is 0 Å². The van der Waals surface area contributed by atoms with Gasteiger partial charge < -0.3 is 0 Å². The van der Waals surface area contributed by atoms with Crippen LogP contribution in [0.15, 0.2) is 0 Å². The SMILES string of the molecule is C1CCC(C(CC2CCCC2)CC2CC2)CC1. The van der Waals surface area contributed by atoms with Crippen LogP contribution in [0.25, 0.3) is 0 Å². The van der Waals surface area contributed by atoms with Crippen LogP contribution in [-0.4, -0.2) is 0 Å². The van der Waals surface area contributed by atoms with Crippen LogP contribution in [0, 0.1) is 23.7 Å². The maximum Gasteiger partial charge on any atom is -0.0381 e. The molecule has 3 saturated carbocycles. The van der Waals surface area contributed by atoms with Gasteiger partial charge in [0, 0.05) is 0 Å². The lowest BCUT2D eigenvalue weighted by Gasteiger charge is -2.32. The van der Waals surface area contributed by atoms with E-state index in [9.17, 15) is 0 Å². The minimum absolute atomic E-state index is 1.13. The molecule has 0 aromatic heterocycles. The molecule has 0 heterocycles. The molecule has 98 valence electrons. The van der Waals surface area contributed by atoms with Crippen LogP contribution in [0.1, 0.15) is 83.5 Å². The maximum absolute atomic E-state index is 1.61. The average Bonchev–Trinajstić information content (AvgIpc) is 3.04. The van der Waals surface area contributed by atoms with Gasteiger partial charge in [0.1, 0.15) is 0 Å². The predicted molar refractivity (Wildman–Crippen MR) is 74.0 cm³/mol. The van der Waals surface area contributed by atoms with Crippen LogP contribution in [0.3, 0.4) is 0 Å². The summed E-state index contributed by atoms with van der Waals surface area (Å²) in [6.07, 6.45) is 20.3. The Kier molecular flexibility index (Phi) is 4.08. The van der Waals surface area contributed by atoms with E-state index in [2.05, 4.69) is 0 Å². The van der Waals surface area contributed by atoms with Crippen molar-refractivity contribution < 1.29 is 0 Å². The molecule has 0 nitrogen and oxygen atoms in total. The normalized spacial score (nSPS) is 29.6. The van der Waals surface area contributed by atoms with E-state index in [1.807, 2.05) is 0 Å². The van der Waals surface area contributed by atoms with Gasteiger partial charge in [0.15, 0.2) is 0 Å². The fraction of sp³-hybridized carbons (Fsp3) is 1.00. The molecule has 0 heteroatoms. The summed E-state index contributed by atoms with van der Waals surface area (Å²) >= 11 is 0. The summed E-state index contributed by atoms with van der Waals surface area (Å²) in [6.45, 7) is 0. The van der Waals surface area contributed by atoms with Crippen molar-refractivity contribution in [3.05, 3.63) is 0 Å². The van der Waals surface area contributed by atoms with Crippen LogP contribution in [0.2, 0.25) is 0 Å². The van der Waals surface area contributed by atoms with Gasteiger partial charge in [0.25, 0.3) is 0 Å². The van der Waals surface area contributed by atoms with E-state index in [4.69, 9.17) is 0 Å². The minimum atomic E-state index is 1.13. The molecule has 0 spiro atoms. The van der Waals surface area contributed by atoms with Gasteiger partial charge in [-0.3, -0.25) is 0 Å². The van der Waals surface area contributed by atoms with Gasteiger partial charge in [-0.2, -0.15) is 0 Å². The Morgan fingerprint density at radius 1 is 0.588 bits per heavy atom. The molecule has 1 atom stereocenters. The third-order valence-electron chi connectivity index (χ3n) is 5.76. The monoisotopic (exact) mass is 234 g/mol. The first-order valence-corrected chi connectivity index (χ1v) is 8.42. The standard InChI is InChI=1S/C17H30/c1-2-8-16(9-3-1)17(13-15-10-11-15)12-14-6-4-5-7-14/h14-17H,1-13H2. The maximum atomic E-state index is 1.61. The van der Waals surface area contributed by atoms with Gasteiger partial charge in [-0.1, -0.05) is 70.6 Å². The Bertz CT molecular complexity index is 216. The van der Waals surface area contributed by atoms with Gasteiger partial charge in [-0.25, -0.2) is 0 Å². The van der Waals surface area contributed by atoms with Crippen LogP contribution in [0.5, 0.6) is 0 Å². The van der Waals surface area contributed by atoms with Crippen molar-refractivity contribution in [1.29, 1.82) is 0 Å². The molecule has 0 saturated heterocycles. The van der Waals surface area contributed by atoms with E-state index in [-0.39, 0.29) is 0 Å². The highest BCUT2D eigenvalue weighted by Crippen LogP contribution is 2.45. The van der Waals surface area contributed by atoms with E-state index < -0.39 is 0 Å². The number of hydrogen-bond donors (Lipinski definition) is 0. The molecule has 17 heavy (non-hydrogen) atoms. The molecule has 0 amide bonds. The summed E-state index contributed by atoms with van der Waals surface area (Å²) in [5.74, 6) is 4.54. The lowest BCUT2D eigenvalue weighted by Crippen LogP contribution is -2.21. The van der Waals surface area contributed by atoms with Crippen LogP contribution < -0.4 is 0 Å². The largest absolute Gasteiger partial charge is 0.0533 e. The number of hydrogen-bond acceptors (Lipinski definition) is 0. The highest BCUT2D eigenvalue weighted by Gasteiger charge is 2.32. The Morgan fingerprint density at radius 2 is 1.12 bits per heavy atom. The zero-order valence-electron chi connectivity index (χ0n) is 11.5. The molecule has 0 aliphatic heterocycles. The highest BCUT2D eigenvalue weighted by atomic mass is 14.4. The summed E-state index contributed by atoms with van der Waals surface area (Å²) in [5, 5.41) is 0. The molecular formula is C17H30. The highest BCUT2D eigenvalue weighted by molar-refractivity contribution is 4.84. The summed E-state index contributed by atoms with van der Waals surface area (Å²) in [7, 11) is 0. The van der Waals surface area contributed by atoms with Crippen molar-refractivity contribution in [3.63, 3.8) is 0 Å². The molecule has 0 aromatic rings. The Labute approximate surface area is 108 Å². The van der Waals surface area contributed by atoms with E-state index >= 15 is 0 Å². The van der Waals surface area contributed by atoms with Gasteiger partial charge >= 0.3 is 0 Å². The van der Waals surface area contributed by atoms with E-state index in [1.54, 1.807) is 51.4 Å². The van der Waals surface area contributed by atoms with Crippen molar-refractivity contribution in [1.82, 2.24) is 0 Å². The van der Waals surface area contributed by atoms with Gasteiger partial charge in [-0.15, -0.1) is 0 Å². The molecule has 3 rings (SSSR count). The molecule has 0 radical (unpaired) electrons. The van der Waals surface area contributed by atoms with Crippen LogP contribution >= 0.6 is 0 Å². The molecule has 0 aromatic carbocycles. The zero-order valence-corrected chi connectivity index (χ0v) is 11.5. The summed E-state index contributed by atoms with van der Waals surface area (Å²) in [4.78, 5) is 0. The Morgan fingerprint density at radius 3 is 1.71 bits per heavy atom. The average molecular weight is 234 g/mol. The molecule has 0 N–H and O–H groups in total. The second kappa shape index (κ2) is 5.76. The van der Waals surface area contributed by atoms with Gasteiger partial charge in [0.05, 0.1) is 0 Å². The Balaban J connectivity index is 1.54. The molecule has 0 bridgehead atoms. The van der Waals surface area contributed by atoms with Crippen molar-refractivity contribution in [2.45, 2.75) is 83.5 Å². The minimum Gasteiger partial charge on any atom is -0.0533 e. The third kappa shape index (κ3) is 3.48. The fourth-order valence-electron chi connectivity index (χ4n) is 4.54. The molecule has 3 aliphatic rings. The lowest BCUT2D eigenvalue weighted by atomic mass is 9.74. The predicted octanol–water partition coefficient (Wildman–Crippen LogP) is 5.56. The zero-order chi connectivity index (χ0) is 11.5. The van der Waals surface area contributed by atoms with Crippen molar-refractivity contribution in [2.75, 3.05) is 0 Å². The van der Waals surface area contributed by atoms with E-state index in [1.165, 1.54) is 32.1 Å². The van der Waals surface area contributed by atoms with Crippen LogP contribution in [0.4, 0.5) is 0 Å². The number of rotatable bonds is 5. The van der Waals surface area contributed by atoms with Crippen molar-refractivity contribution >= 4 is 0 Å². The smallest absolute Gasteiger partial charge is 0.0381 e. The van der Waals surface area contributed by atoms with Gasteiger partial charge in [0.2, 0.25) is 0 Å². The second-order valence-corrected chi connectivity index (χ2v) is 7.22. The fourth-order valence-corrected chi connectivity index (χ4v) is 4.54. The first kappa shape index (κ1) is 12.1. The van der Waals surface area contributed by atoms with Gasteiger partial charge in [-0.05, 0) is 36.5 Å². The van der Waals surface area contributed by atoms with Crippen LogP contribution in [-0.2, 0) is 0 Å². The first-order chi connectivity index (χ1) is 8.42. The summed E-state index contributed by atoms with van der Waals surface area (Å²) in [6, 6.07) is 0. The topological polar surface area (TPSA) is 0 Å². The third-order valence-corrected chi connectivity index (χ3v) is 5.76. The summed E-state index contributed by atoms with van der Waals surface area (Å²) in [5.41, 5.74) is 0. The quantitative estimate of drug-likeness (QED) is 0.584. The molecule has 3 fully saturated rings. The van der Waals surface area contributed by atoms with E-state index in [0.717, 1.165) is 23.7 Å². The second-order valence-electron chi connectivity index (χ2n) is 7.22. The molecule has 3 aliphatic carbocycles. The molecule has 1 unspecified atom stereocenters. The molecular weight excluding hydrogens is 204 g/mol. The first-order valence-electron chi connectivity index (χ1n) is 8.42. The van der Waals surface area contributed by atoms with Crippen molar-refractivity contribution in [3.8, 4) is 0 Å². The summed E-state index contributed by atoms with van der Waals surface area (Å²) < 4.78 is 0. The Hall–Kier alpha value is 0. The lowest BCUT2D eigenvalue weighted by molar-refractivity contribution is 0.192. The van der Waals surface area contributed by atoms with Crippen molar-refractivity contribution in [2.24, 2.45) is 23.7 Å².